The normalized spacial score (nSPS) is 14.9. The lowest BCUT2D eigenvalue weighted by molar-refractivity contribution is 0.417. The zero-order chi connectivity index (χ0) is 11.3. The minimum absolute atomic E-state index is 0.235. The van der Waals surface area contributed by atoms with Gasteiger partial charge in [0.15, 0.2) is 0 Å². The molecule has 1 aromatic heterocycles. The monoisotopic (exact) mass is 206 g/mol. The van der Waals surface area contributed by atoms with Crippen molar-refractivity contribution in [3.63, 3.8) is 0 Å². The Morgan fingerprint density at radius 3 is 2.80 bits per heavy atom. The molecule has 0 aliphatic rings. The highest BCUT2D eigenvalue weighted by Gasteiger charge is 2.13. The van der Waals surface area contributed by atoms with Gasteiger partial charge in [-0.25, -0.2) is 0 Å². The average molecular weight is 206 g/mol. The van der Waals surface area contributed by atoms with Gasteiger partial charge in [-0.2, -0.15) is 0 Å². The van der Waals surface area contributed by atoms with Gasteiger partial charge in [-0.05, 0) is 30.9 Å². The Hall–Kier alpha value is -0.890. The van der Waals surface area contributed by atoms with Crippen molar-refractivity contribution < 1.29 is 0 Å². The first-order valence-corrected chi connectivity index (χ1v) is 5.81. The third-order valence-corrected chi connectivity index (χ3v) is 3.02. The molecule has 2 N–H and O–H groups in total. The second kappa shape index (κ2) is 5.86. The molecule has 15 heavy (non-hydrogen) atoms. The molecule has 1 aromatic rings. The van der Waals surface area contributed by atoms with Crippen LogP contribution >= 0.6 is 0 Å². The van der Waals surface area contributed by atoms with Crippen molar-refractivity contribution in [2.45, 2.75) is 46.1 Å². The third-order valence-electron chi connectivity index (χ3n) is 3.02. The van der Waals surface area contributed by atoms with Crippen molar-refractivity contribution in [1.82, 2.24) is 4.98 Å². The average Bonchev–Trinajstić information content (AvgIpc) is 2.21. The minimum Gasteiger partial charge on any atom is -0.327 e. The van der Waals surface area contributed by atoms with Gasteiger partial charge < -0.3 is 5.73 Å². The Morgan fingerprint density at radius 1 is 1.47 bits per heavy atom. The maximum absolute atomic E-state index is 6.16. The highest BCUT2D eigenvalue weighted by atomic mass is 14.7. The molecule has 0 spiro atoms. The number of rotatable bonds is 5. The van der Waals surface area contributed by atoms with Crippen molar-refractivity contribution in [2.24, 2.45) is 11.7 Å². The summed E-state index contributed by atoms with van der Waals surface area (Å²) in [5.41, 5.74) is 8.56. The van der Waals surface area contributed by atoms with Crippen LogP contribution < -0.4 is 5.73 Å². The summed E-state index contributed by atoms with van der Waals surface area (Å²) in [5, 5.41) is 0. The molecule has 0 radical (unpaired) electrons. The fourth-order valence-electron chi connectivity index (χ4n) is 1.83. The summed E-state index contributed by atoms with van der Waals surface area (Å²) in [6, 6.07) is 4.30. The first kappa shape index (κ1) is 12.2. The second-order valence-corrected chi connectivity index (χ2v) is 4.40. The lowest BCUT2D eigenvalue weighted by atomic mass is 9.93. The zero-order valence-corrected chi connectivity index (χ0v) is 10.0. The molecule has 0 aromatic carbocycles. The highest BCUT2D eigenvalue weighted by Crippen LogP contribution is 2.14. The van der Waals surface area contributed by atoms with Crippen LogP contribution in [0.2, 0.25) is 0 Å². The summed E-state index contributed by atoms with van der Waals surface area (Å²) in [6.07, 6.45) is 5.15. The van der Waals surface area contributed by atoms with Crippen LogP contribution in [0.3, 0.4) is 0 Å². The molecule has 0 fully saturated rings. The summed E-state index contributed by atoms with van der Waals surface area (Å²) < 4.78 is 0. The Morgan fingerprint density at radius 2 is 2.20 bits per heavy atom. The molecule has 2 unspecified atom stereocenters. The molecule has 0 aliphatic carbocycles. The molecular weight excluding hydrogens is 184 g/mol. The predicted octanol–water partition coefficient (Wildman–Crippen LogP) is 2.70. The number of hydrogen-bond donors (Lipinski definition) is 1. The second-order valence-electron chi connectivity index (χ2n) is 4.40. The Balaban J connectivity index is 2.58. The Labute approximate surface area is 92.9 Å². The van der Waals surface area contributed by atoms with E-state index < -0.39 is 0 Å². The number of aromatic nitrogens is 1. The third kappa shape index (κ3) is 3.63. The maximum Gasteiger partial charge on any atom is 0.0448 e. The smallest absolute Gasteiger partial charge is 0.0448 e. The zero-order valence-electron chi connectivity index (χ0n) is 10.0. The number of nitrogens with two attached hydrogens (primary N) is 1. The van der Waals surface area contributed by atoms with Gasteiger partial charge in [-0.1, -0.05) is 26.3 Å². The minimum atomic E-state index is 0.235. The van der Waals surface area contributed by atoms with Crippen LogP contribution in [0.15, 0.2) is 18.3 Å². The summed E-state index contributed by atoms with van der Waals surface area (Å²) in [5.74, 6) is 0.580. The summed E-state index contributed by atoms with van der Waals surface area (Å²) in [4.78, 5) is 4.38. The van der Waals surface area contributed by atoms with Gasteiger partial charge in [0.1, 0.15) is 0 Å². The van der Waals surface area contributed by atoms with Crippen LogP contribution in [0.1, 0.15) is 37.9 Å². The molecule has 2 atom stereocenters. The maximum atomic E-state index is 6.16. The Kier molecular flexibility index (Phi) is 4.76. The van der Waals surface area contributed by atoms with E-state index in [1.54, 1.807) is 0 Å². The van der Waals surface area contributed by atoms with Crippen molar-refractivity contribution >= 4 is 0 Å². The largest absolute Gasteiger partial charge is 0.327 e. The van der Waals surface area contributed by atoms with Crippen LogP contribution in [0.5, 0.6) is 0 Å². The predicted molar refractivity (Wildman–Crippen MR) is 64.7 cm³/mol. The fraction of sp³-hybridized carbons (Fsp3) is 0.615. The number of hydrogen-bond acceptors (Lipinski definition) is 2. The highest BCUT2D eigenvalue weighted by molar-refractivity contribution is 5.18. The van der Waals surface area contributed by atoms with Crippen LogP contribution in [0.4, 0.5) is 0 Å². The lowest BCUT2D eigenvalue weighted by Crippen LogP contribution is -2.31. The van der Waals surface area contributed by atoms with Crippen LogP contribution in [0, 0.1) is 12.8 Å². The topological polar surface area (TPSA) is 38.9 Å². The molecule has 1 rings (SSSR count). The van der Waals surface area contributed by atoms with E-state index in [0.29, 0.717) is 5.92 Å². The number of pyridine rings is 1. The number of aryl methyl sites for hydroxylation is 1. The quantitative estimate of drug-likeness (QED) is 0.804. The molecular formula is C13H22N2. The molecule has 0 bridgehead atoms. The van der Waals surface area contributed by atoms with E-state index in [1.165, 1.54) is 18.4 Å². The van der Waals surface area contributed by atoms with E-state index in [4.69, 9.17) is 5.73 Å². The van der Waals surface area contributed by atoms with Gasteiger partial charge in [0.2, 0.25) is 0 Å². The summed E-state index contributed by atoms with van der Waals surface area (Å²) in [6.45, 7) is 6.53. The molecule has 1 heterocycles. The van der Waals surface area contributed by atoms with Crippen LogP contribution in [-0.4, -0.2) is 11.0 Å². The van der Waals surface area contributed by atoms with Crippen LogP contribution in [-0.2, 0) is 6.42 Å². The SMILES string of the molecule is CCCC(C)C(N)Cc1ncccc1C. The molecule has 2 nitrogen and oxygen atoms in total. The van der Waals surface area contributed by atoms with E-state index in [2.05, 4.69) is 31.8 Å². The summed E-state index contributed by atoms with van der Waals surface area (Å²) in [7, 11) is 0. The van der Waals surface area contributed by atoms with Crippen molar-refractivity contribution in [3.05, 3.63) is 29.6 Å². The van der Waals surface area contributed by atoms with Gasteiger partial charge >= 0.3 is 0 Å². The van der Waals surface area contributed by atoms with E-state index in [1.807, 2.05) is 12.3 Å². The van der Waals surface area contributed by atoms with Crippen molar-refractivity contribution in [3.8, 4) is 0 Å². The van der Waals surface area contributed by atoms with Gasteiger partial charge in [-0.15, -0.1) is 0 Å². The van der Waals surface area contributed by atoms with E-state index >= 15 is 0 Å². The first-order chi connectivity index (χ1) is 7.15. The Bertz CT molecular complexity index is 296. The fourth-order valence-corrected chi connectivity index (χ4v) is 1.83. The van der Waals surface area contributed by atoms with Crippen LogP contribution in [0.25, 0.3) is 0 Å². The van der Waals surface area contributed by atoms with Crippen molar-refractivity contribution in [1.29, 1.82) is 0 Å². The van der Waals surface area contributed by atoms with Gasteiger partial charge in [0.25, 0.3) is 0 Å². The first-order valence-electron chi connectivity index (χ1n) is 5.81. The van der Waals surface area contributed by atoms with E-state index in [0.717, 1.165) is 12.1 Å². The molecule has 0 amide bonds. The number of nitrogens with zero attached hydrogens (tertiary/aromatic N) is 1. The molecule has 84 valence electrons. The molecule has 2 heteroatoms. The van der Waals surface area contributed by atoms with Gasteiger partial charge in [0, 0.05) is 24.4 Å². The van der Waals surface area contributed by atoms with E-state index in [9.17, 15) is 0 Å². The van der Waals surface area contributed by atoms with E-state index in [-0.39, 0.29) is 6.04 Å². The molecule has 0 saturated heterocycles. The van der Waals surface area contributed by atoms with Crippen molar-refractivity contribution in [2.75, 3.05) is 0 Å². The molecule has 0 aliphatic heterocycles. The molecule has 0 saturated carbocycles. The standard InChI is InChI=1S/C13H22N2/c1-4-6-10(2)12(14)9-13-11(3)7-5-8-15-13/h5,7-8,10,12H,4,6,9,14H2,1-3H3. The lowest BCUT2D eigenvalue weighted by Gasteiger charge is -2.19. The summed E-state index contributed by atoms with van der Waals surface area (Å²) >= 11 is 0. The van der Waals surface area contributed by atoms with Gasteiger partial charge in [-0.3, -0.25) is 4.98 Å². The van der Waals surface area contributed by atoms with Gasteiger partial charge in [0.05, 0.1) is 0 Å².